The van der Waals surface area contributed by atoms with E-state index in [9.17, 15) is 4.79 Å². The average molecular weight is 344 g/mol. The zero-order valence-electron chi connectivity index (χ0n) is 14.7. The van der Waals surface area contributed by atoms with E-state index >= 15 is 0 Å². The molecule has 2 N–H and O–H groups in total. The first kappa shape index (κ1) is 18.2. The van der Waals surface area contributed by atoms with Crippen molar-refractivity contribution in [1.29, 1.82) is 0 Å². The van der Waals surface area contributed by atoms with Crippen molar-refractivity contribution in [2.75, 3.05) is 5.73 Å². The summed E-state index contributed by atoms with van der Waals surface area (Å²) in [6.07, 6.45) is 6.54. The summed E-state index contributed by atoms with van der Waals surface area (Å²) in [5.74, 6) is 0.0813. The Morgan fingerprint density at radius 2 is 2.21 bits per heavy atom. The molecule has 0 saturated heterocycles. The molecule has 0 amide bonds. The predicted molar refractivity (Wildman–Crippen MR) is 99.4 cm³/mol. The van der Waals surface area contributed by atoms with Gasteiger partial charge in [0, 0.05) is 5.56 Å². The van der Waals surface area contributed by atoms with E-state index < -0.39 is 5.41 Å². The molecule has 2 aromatic rings. The van der Waals surface area contributed by atoms with E-state index in [1.54, 1.807) is 12.3 Å². The van der Waals surface area contributed by atoms with Gasteiger partial charge in [-0.1, -0.05) is 30.8 Å². The highest BCUT2D eigenvalue weighted by Gasteiger charge is 2.41. The van der Waals surface area contributed by atoms with E-state index in [1.807, 2.05) is 39.8 Å². The Hall–Kier alpha value is -2.14. The number of aryl methyl sites for hydroxylation is 2. The van der Waals surface area contributed by atoms with Crippen LogP contribution in [0.4, 0.5) is 5.00 Å². The van der Waals surface area contributed by atoms with E-state index in [4.69, 9.17) is 10.3 Å². The minimum absolute atomic E-state index is 0.0813. The topological polar surface area (TPSA) is 69.1 Å². The van der Waals surface area contributed by atoms with Crippen molar-refractivity contribution in [2.24, 2.45) is 5.41 Å². The van der Waals surface area contributed by atoms with Crippen LogP contribution in [0, 0.1) is 19.3 Å². The SMILES string of the molecule is C=C/C(=C\C)C(CC)(Cc1conc1C)C(=O)c1sc(N)cc1C. The second-order valence-electron chi connectivity index (χ2n) is 5.98. The highest BCUT2D eigenvalue weighted by Crippen LogP contribution is 2.42. The number of ketones is 1. The number of nitrogens with two attached hydrogens (primary N) is 1. The Balaban J connectivity index is 2.61. The number of carbonyl (C=O) groups is 1. The van der Waals surface area contributed by atoms with Gasteiger partial charge >= 0.3 is 0 Å². The van der Waals surface area contributed by atoms with Crippen molar-refractivity contribution >= 4 is 22.1 Å². The molecule has 2 rings (SSSR count). The smallest absolute Gasteiger partial charge is 0.183 e. The Labute approximate surface area is 147 Å². The van der Waals surface area contributed by atoms with Crippen LogP contribution in [0.3, 0.4) is 0 Å². The normalized spacial score (nSPS) is 14.4. The van der Waals surface area contributed by atoms with Crippen molar-refractivity contribution in [3.05, 3.63) is 58.3 Å². The molecule has 5 heteroatoms. The summed E-state index contributed by atoms with van der Waals surface area (Å²) in [5, 5.41) is 4.61. The number of nitrogens with zero attached hydrogens (tertiary/aromatic N) is 1. The van der Waals surface area contributed by atoms with Crippen molar-refractivity contribution < 1.29 is 9.32 Å². The van der Waals surface area contributed by atoms with Crippen molar-refractivity contribution in [2.45, 2.75) is 40.5 Å². The van der Waals surface area contributed by atoms with Crippen LogP contribution in [0.5, 0.6) is 0 Å². The Morgan fingerprint density at radius 3 is 2.62 bits per heavy atom. The van der Waals surface area contributed by atoms with Gasteiger partial charge in [-0.25, -0.2) is 0 Å². The van der Waals surface area contributed by atoms with E-state index in [1.165, 1.54) is 11.3 Å². The fraction of sp³-hybridized carbons (Fsp3) is 0.368. The number of aromatic nitrogens is 1. The van der Waals surface area contributed by atoms with Crippen molar-refractivity contribution in [3.8, 4) is 0 Å². The van der Waals surface area contributed by atoms with E-state index in [2.05, 4.69) is 11.7 Å². The number of hydrogen-bond acceptors (Lipinski definition) is 5. The highest BCUT2D eigenvalue weighted by atomic mass is 32.1. The van der Waals surface area contributed by atoms with Gasteiger partial charge in [0.2, 0.25) is 0 Å². The minimum atomic E-state index is -0.700. The molecule has 4 nitrogen and oxygen atoms in total. The summed E-state index contributed by atoms with van der Waals surface area (Å²) in [7, 11) is 0. The molecule has 1 unspecified atom stereocenters. The van der Waals surface area contributed by atoms with Crippen LogP contribution in [0.1, 0.15) is 46.8 Å². The quantitative estimate of drug-likeness (QED) is 0.573. The fourth-order valence-electron chi connectivity index (χ4n) is 3.15. The van der Waals surface area contributed by atoms with Crippen LogP contribution >= 0.6 is 11.3 Å². The molecule has 2 aromatic heterocycles. The number of Topliss-reactive ketones (excluding diaryl/α,β-unsaturated/α-hetero) is 1. The van der Waals surface area contributed by atoms with Gasteiger partial charge in [-0.2, -0.15) is 0 Å². The van der Waals surface area contributed by atoms with Crippen molar-refractivity contribution in [3.63, 3.8) is 0 Å². The summed E-state index contributed by atoms with van der Waals surface area (Å²) < 4.78 is 5.07. The second-order valence-corrected chi connectivity index (χ2v) is 7.06. The number of rotatable bonds is 7. The second kappa shape index (κ2) is 7.18. The first-order valence-electron chi connectivity index (χ1n) is 7.99. The van der Waals surface area contributed by atoms with Crippen LogP contribution in [0.2, 0.25) is 0 Å². The van der Waals surface area contributed by atoms with Crippen LogP contribution in [0.15, 0.2) is 41.2 Å². The van der Waals surface area contributed by atoms with Crippen LogP contribution in [0.25, 0.3) is 0 Å². The molecule has 0 spiro atoms. The maximum atomic E-state index is 13.5. The minimum Gasteiger partial charge on any atom is -0.391 e. The molecule has 1 atom stereocenters. The number of nitrogen functional groups attached to an aromatic ring is 1. The van der Waals surface area contributed by atoms with Gasteiger partial charge < -0.3 is 10.3 Å². The molecule has 0 aromatic carbocycles. The Bertz CT molecular complexity index is 785. The predicted octanol–water partition coefficient (Wildman–Crippen LogP) is 4.89. The maximum Gasteiger partial charge on any atom is 0.183 e. The van der Waals surface area contributed by atoms with Gasteiger partial charge in [-0.15, -0.1) is 11.3 Å². The summed E-state index contributed by atoms with van der Waals surface area (Å²) in [5.41, 5.74) is 8.79. The largest absolute Gasteiger partial charge is 0.391 e. The number of thiophene rings is 1. The summed E-state index contributed by atoms with van der Waals surface area (Å²) >= 11 is 1.35. The molecule has 2 heterocycles. The third-order valence-electron chi connectivity index (χ3n) is 4.61. The fourth-order valence-corrected chi connectivity index (χ4v) is 4.13. The molecule has 0 radical (unpaired) electrons. The van der Waals surface area contributed by atoms with Crippen LogP contribution in [-0.2, 0) is 6.42 Å². The van der Waals surface area contributed by atoms with E-state index in [0.717, 1.165) is 22.4 Å². The average Bonchev–Trinajstić information content (AvgIpc) is 3.11. The molecule has 0 aliphatic rings. The van der Waals surface area contributed by atoms with Gasteiger partial charge in [0.05, 0.1) is 21.0 Å². The third kappa shape index (κ3) is 3.08. The maximum absolute atomic E-state index is 13.5. The first-order chi connectivity index (χ1) is 11.4. The molecule has 0 aliphatic carbocycles. The van der Waals surface area contributed by atoms with Crippen LogP contribution < -0.4 is 5.73 Å². The number of carbonyl (C=O) groups excluding carboxylic acids is 1. The lowest BCUT2D eigenvalue weighted by Gasteiger charge is -2.32. The van der Waals surface area contributed by atoms with Crippen molar-refractivity contribution in [1.82, 2.24) is 5.16 Å². The molecule has 0 saturated carbocycles. The molecule has 0 fully saturated rings. The number of hydrogen-bond donors (Lipinski definition) is 1. The third-order valence-corrected chi connectivity index (χ3v) is 5.67. The zero-order chi connectivity index (χ0) is 17.9. The zero-order valence-corrected chi connectivity index (χ0v) is 15.5. The lowest BCUT2D eigenvalue weighted by atomic mass is 9.69. The highest BCUT2D eigenvalue weighted by molar-refractivity contribution is 7.18. The van der Waals surface area contributed by atoms with Gasteiger partial charge in [-0.05, 0) is 50.8 Å². The van der Waals surface area contributed by atoms with Crippen LogP contribution in [-0.4, -0.2) is 10.9 Å². The molecular formula is C19H24N2O2S. The lowest BCUT2D eigenvalue weighted by Crippen LogP contribution is -2.35. The Morgan fingerprint density at radius 1 is 1.50 bits per heavy atom. The standard InChI is InChI=1S/C19H24N2O2S/c1-6-15(7-2)19(8-3,10-14-11-23-21-13(14)5)18(22)17-12(4)9-16(20)24-17/h6-7,9,11H,1,8,10,20H2,2-5H3/b15-7+. The van der Waals surface area contributed by atoms with E-state index in [-0.39, 0.29) is 5.78 Å². The molecular weight excluding hydrogens is 320 g/mol. The number of anilines is 1. The molecule has 128 valence electrons. The van der Waals surface area contributed by atoms with Gasteiger partial charge in [-0.3, -0.25) is 4.79 Å². The van der Waals surface area contributed by atoms with Gasteiger partial charge in [0.15, 0.2) is 5.78 Å². The molecule has 0 aliphatic heterocycles. The van der Waals surface area contributed by atoms with E-state index in [0.29, 0.717) is 22.7 Å². The summed E-state index contributed by atoms with van der Waals surface area (Å²) in [6.45, 7) is 11.7. The molecule has 0 bridgehead atoms. The first-order valence-corrected chi connectivity index (χ1v) is 8.81. The monoisotopic (exact) mass is 344 g/mol. The van der Waals surface area contributed by atoms with Gasteiger partial charge in [0.1, 0.15) is 6.26 Å². The molecule has 24 heavy (non-hydrogen) atoms. The summed E-state index contributed by atoms with van der Waals surface area (Å²) in [6, 6.07) is 1.85. The summed E-state index contributed by atoms with van der Waals surface area (Å²) in [4.78, 5) is 14.3. The Kier molecular flexibility index (Phi) is 5.44. The lowest BCUT2D eigenvalue weighted by molar-refractivity contribution is 0.0839. The number of allylic oxidation sites excluding steroid dienone is 3. The van der Waals surface area contributed by atoms with Gasteiger partial charge in [0.25, 0.3) is 0 Å².